The van der Waals surface area contributed by atoms with Gasteiger partial charge in [-0.15, -0.1) is 6.58 Å². The molecule has 0 saturated carbocycles. The van der Waals surface area contributed by atoms with Crippen molar-refractivity contribution in [1.29, 1.82) is 0 Å². The Morgan fingerprint density at radius 1 is 0.950 bits per heavy atom. The van der Waals surface area contributed by atoms with E-state index in [9.17, 15) is 0 Å². The summed E-state index contributed by atoms with van der Waals surface area (Å²) >= 11 is 0. The molecule has 4 unspecified atom stereocenters. The van der Waals surface area contributed by atoms with Gasteiger partial charge < -0.3 is 0 Å². The van der Waals surface area contributed by atoms with Gasteiger partial charge in [0.2, 0.25) is 0 Å². The van der Waals surface area contributed by atoms with Crippen LogP contribution in [-0.4, -0.2) is 0 Å². The highest BCUT2D eigenvalue weighted by Gasteiger charge is 2.15. The van der Waals surface area contributed by atoms with Crippen molar-refractivity contribution >= 4 is 0 Å². The molecule has 118 valence electrons. The minimum absolute atomic E-state index is 0.641. The van der Waals surface area contributed by atoms with E-state index in [1.54, 1.807) is 0 Å². The summed E-state index contributed by atoms with van der Waals surface area (Å²) in [6.07, 6.45) is 13.5. The third-order valence-corrected chi connectivity index (χ3v) is 4.69. The first-order valence-corrected chi connectivity index (χ1v) is 8.67. The zero-order chi connectivity index (χ0) is 15.5. The van der Waals surface area contributed by atoms with Crippen molar-refractivity contribution in [3.8, 4) is 0 Å². The average Bonchev–Trinajstić information content (AvgIpc) is 2.39. The van der Waals surface area contributed by atoms with Crippen LogP contribution in [0.5, 0.6) is 0 Å². The van der Waals surface area contributed by atoms with Crippen molar-refractivity contribution < 1.29 is 0 Å². The van der Waals surface area contributed by atoms with Gasteiger partial charge in [-0.05, 0) is 48.9 Å². The van der Waals surface area contributed by atoms with Crippen LogP contribution in [0.2, 0.25) is 0 Å². The van der Waals surface area contributed by atoms with E-state index in [2.05, 4.69) is 66.3 Å². The van der Waals surface area contributed by atoms with Crippen LogP contribution in [0.4, 0.5) is 0 Å². The fourth-order valence-corrected chi connectivity index (χ4v) is 2.87. The summed E-state index contributed by atoms with van der Waals surface area (Å²) in [6.45, 7) is 17.9. The zero-order valence-corrected chi connectivity index (χ0v) is 14.9. The summed E-state index contributed by atoms with van der Waals surface area (Å²) in [5, 5.41) is 0. The van der Waals surface area contributed by atoms with Crippen molar-refractivity contribution in [2.45, 2.75) is 73.6 Å². The van der Waals surface area contributed by atoms with Crippen molar-refractivity contribution in [1.82, 2.24) is 0 Å². The van der Waals surface area contributed by atoms with Gasteiger partial charge in [0.15, 0.2) is 0 Å². The summed E-state index contributed by atoms with van der Waals surface area (Å²) in [4.78, 5) is 0. The van der Waals surface area contributed by atoms with Gasteiger partial charge in [0, 0.05) is 0 Å². The van der Waals surface area contributed by atoms with Crippen LogP contribution in [0.3, 0.4) is 0 Å². The second kappa shape index (κ2) is 11.2. The van der Waals surface area contributed by atoms with Crippen LogP contribution < -0.4 is 0 Å². The molecule has 0 heterocycles. The van der Waals surface area contributed by atoms with Crippen molar-refractivity contribution in [3.05, 3.63) is 24.8 Å². The molecule has 0 rings (SSSR count). The number of hydrogen-bond donors (Lipinski definition) is 0. The molecule has 4 atom stereocenters. The second-order valence-electron chi connectivity index (χ2n) is 7.25. The van der Waals surface area contributed by atoms with E-state index >= 15 is 0 Å². The van der Waals surface area contributed by atoms with Gasteiger partial charge in [-0.2, -0.15) is 0 Å². The molecule has 0 nitrogen and oxygen atoms in total. The molecule has 0 saturated heterocycles. The molecule has 0 radical (unpaired) electrons. The van der Waals surface area contributed by atoms with Gasteiger partial charge >= 0.3 is 0 Å². The monoisotopic (exact) mass is 278 g/mol. The zero-order valence-electron chi connectivity index (χ0n) is 14.9. The molecule has 0 heteroatoms. The Labute approximate surface area is 128 Å². The summed E-state index contributed by atoms with van der Waals surface area (Å²) in [5.41, 5.74) is 0. The molecule has 20 heavy (non-hydrogen) atoms. The van der Waals surface area contributed by atoms with Crippen LogP contribution in [0.15, 0.2) is 24.8 Å². The fourth-order valence-electron chi connectivity index (χ4n) is 2.87. The lowest BCUT2D eigenvalue weighted by molar-refractivity contribution is 0.297. The highest BCUT2D eigenvalue weighted by atomic mass is 14.2. The molecule has 0 aromatic heterocycles. The Morgan fingerprint density at radius 3 is 2.15 bits per heavy atom. The number of unbranched alkanes of at least 4 members (excludes halogenated alkanes) is 2. The van der Waals surface area contributed by atoms with Gasteiger partial charge in [-0.25, -0.2) is 0 Å². The summed E-state index contributed by atoms with van der Waals surface area (Å²) in [5.74, 6) is 3.76. The molecule has 0 aromatic rings. The molecule has 0 fully saturated rings. The molecule has 0 bridgehead atoms. The smallest absolute Gasteiger partial charge is 0.0236 e. The topological polar surface area (TPSA) is 0 Å². The van der Waals surface area contributed by atoms with Crippen molar-refractivity contribution in [3.63, 3.8) is 0 Å². The largest absolute Gasteiger partial charge is 0.103 e. The molecule has 0 spiro atoms. The predicted octanol–water partition coefficient (Wildman–Crippen LogP) is 6.88. The molecule has 0 aliphatic carbocycles. The maximum atomic E-state index is 3.91. The number of allylic oxidation sites excluding steroid dienone is 3. The number of rotatable bonds is 11. The van der Waals surface area contributed by atoms with Crippen LogP contribution in [0.25, 0.3) is 0 Å². The van der Waals surface area contributed by atoms with Gasteiger partial charge in [0.05, 0.1) is 0 Å². The maximum Gasteiger partial charge on any atom is -0.0236 e. The Kier molecular flexibility index (Phi) is 10.9. The lowest BCUT2D eigenvalue weighted by Gasteiger charge is -2.23. The van der Waals surface area contributed by atoms with Gasteiger partial charge in [-0.1, -0.05) is 72.6 Å². The first-order chi connectivity index (χ1) is 9.38. The first-order valence-electron chi connectivity index (χ1n) is 8.67. The second-order valence-corrected chi connectivity index (χ2v) is 7.25. The highest BCUT2D eigenvalue weighted by Crippen LogP contribution is 2.25. The van der Waals surface area contributed by atoms with Crippen molar-refractivity contribution in [2.75, 3.05) is 0 Å². The van der Waals surface area contributed by atoms with Gasteiger partial charge in [0.25, 0.3) is 0 Å². The maximum absolute atomic E-state index is 3.91. The Morgan fingerprint density at radius 2 is 1.60 bits per heavy atom. The van der Waals surface area contributed by atoms with Crippen LogP contribution in [0, 0.1) is 29.6 Å². The summed E-state index contributed by atoms with van der Waals surface area (Å²) in [6, 6.07) is 0. The van der Waals surface area contributed by atoms with E-state index in [1.807, 2.05) is 0 Å². The standard InChI is InChI=1S/C20H38/c1-8-18(5)20(7)19(6)14-12-10-9-11-13-17(4)15-16(2)3/h8,11,13,16-20H,1,9-10,12,14-15H2,2-7H3. The first kappa shape index (κ1) is 19.5. The Balaban J connectivity index is 3.71. The van der Waals surface area contributed by atoms with Crippen molar-refractivity contribution in [2.24, 2.45) is 29.6 Å². The van der Waals surface area contributed by atoms with Crippen LogP contribution in [-0.2, 0) is 0 Å². The molecule has 0 N–H and O–H groups in total. The lowest BCUT2D eigenvalue weighted by atomic mass is 9.82. The van der Waals surface area contributed by atoms with Gasteiger partial charge in [-0.3, -0.25) is 0 Å². The Hall–Kier alpha value is -0.520. The molecule has 0 aromatic carbocycles. The molecule has 0 aliphatic rings. The van der Waals surface area contributed by atoms with E-state index in [-0.39, 0.29) is 0 Å². The van der Waals surface area contributed by atoms with Gasteiger partial charge in [0.1, 0.15) is 0 Å². The summed E-state index contributed by atoms with van der Waals surface area (Å²) in [7, 11) is 0. The van der Waals surface area contributed by atoms with E-state index in [0.717, 1.165) is 23.7 Å². The third-order valence-electron chi connectivity index (χ3n) is 4.69. The lowest BCUT2D eigenvalue weighted by Crippen LogP contribution is -2.14. The van der Waals surface area contributed by atoms with E-state index in [1.165, 1.54) is 32.1 Å². The molecular formula is C20H38. The van der Waals surface area contributed by atoms with Crippen LogP contribution >= 0.6 is 0 Å². The fraction of sp³-hybridized carbons (Fsp3) is 0.800. The van der Waals surface area contributed by atoms with Crippen LogP contribution in [0.1, 0.15) is 73.6 Å². The summed E-state index contributed by atoms with van der Waals surface area (Å²) < 4.78 is 0. The predicted molar refractivity (Wildman–Crippen MR) is 93.9 cm³/mol. The molecular weight excluding hydrogens is 240 g/mol. The Bertz CT molecular complexity index is 261. The minimum Gasteiger partial charge on any atom is -0.103 e. The van der Waals surface area contributed by atoms with E-state index in [4.69, 9.17) is 0 Å². The van der Waals surface area contributed by atoms with E-state index in [0.29, 0.717) is 5.92 Å². The molecule has 0 aliphatic heterocycles. The normalized spacial score (nSPS) is 18.1. The minimum atomic E-state index is 0.641. The molecule has 0 amide bonds. The average molecular weight is 279 g/mol. The third kappa shape index (κ3) is 9.39. The highest BCUT2D eigenvalue weighted by molar-refractivity contribution is 4.87. The SMILES string of the molecule is C=CC(C)C(C)C(C)CCCCC=CC(C)CC(C)C. The number of hydrogen-bond acceptors (Lipinski definition) is 0. The quantitative estimate of drug-likeness (QED) is 0.285. The van der Waals surface area contributed by atoms with E-state index < -0.39 is 0 Å².